The van der Waals surface area contributed by atoms with Crippen molar-refractivity contribution in [3.63, 3.8) is 0 Å². The summed E-state index contributed by atoms with van der Waals surface area (Å²) in [5, 5.41) is 17.1. The van der Waals surface area contributed by atoms with E-state index in [1.54, 1.807) is 48.5 Å². The van der Waals surface area contributed by atoms with Crippen LogP contribution in [0, 0.1) is 5.41 Å². The average molecular weight is 497 g/mol. The van der Waals surface area contributed by atoms with Gasteiger partial charge in [0.2, 0.25) is 0 Å². The summed E-state index contributed by atoms with van der Waals surface area (Å²) >= 11 is 0. The lowest BCUT2D eigenvalue weighted by Gasteiger charge is -2.19. The highest BCUT2D eigenvalue weighted by atomic mass is 16.5. The molecule has 2 aromatic carbocycles. The minimum atomic E-state index is -0.638. The molecule has 0 unspecified atom stereocenters. The maximum absolute atomic E-state index is 12.2. The molecule has 2 rings (SSSR count). The lowest BCUT2D eigenvalue weighted by molar-refractivity contribution is -0.144. The van der Waals surface area contributed by atoms with Crippen molar-refractivity contribution in [3.8, 4) is 5.75 Å². The highest BCUT2D eigenvalue weighted by molar-refractivity contribution is 5.89. The number of hydrogen-bond donors (Lipinski definition) is 1. The zero-order valence-electron chi connectivity index (χ0n) is 20.9. The number of esters is 3. The summed E-state index contributed by atoms with van der Waals surface area (Å²) in [5.41, 5.74) is 0.958. The van der Waals surface area contributed by atoms with Crippen LogP contribution in [0.1, 0.15) is 50.4 Å². The van der Waals surface area contributed by atoms with Crippen molar-refractivity contribution in [3.05, 3.63) is 66.2 Å². The molecule has 0 fully saturated rings. The number of aliphatic hydroxyl groups is 1. The third-order valence-electron chi connectivity index (χ3n) is 5.35. The van der Waals surface area contributed by atoms with Crippen LogP contribution in [0.15, 0.2) is 70.9 Å². The minimum Gasteiger partial charge on any atom is -0.462 e. The van der Waals surface area contributed by atoms with Gasteiger partial charge >= 0.3 is 17.9 Å². The summed E-state index contributed by atoms with van der Waals surface area (Å²) in [6.07, 6.45) is 1.71. The van der Waals surface area contributed by atoms with Crippen LogP contribution in [0.5, 0.6) is 5.75 Å². The number of carbonyl (C=O) groups excluding carboxylic acids is 3. The van der Waals surface area contributed by atoms with Crippen LogP contribution < -0.4 is 4.74 Å². The van der Waals surface area contributed by atoms with E-state index < -0.39 is 24.0 Å². The van der Waals surface area contributed by atoms with Crippen LogP contribution in [0.3, 0.4) is 0 Å². The van der Waals surface area contributed by atoms with Gasteiger partial charge in [-0.2, -0.15) is 10.2 Å². The highest BCUT2D eigenvalue weighted by Crippen LogP contribution is 2.26. The number of ether oxygens (including phenoxy) is 3. The van der Waals surface area contributed by atoms with Crippen LogP contribution in [0.25, 0.3) is 0 Å². The van der Waals surface area contributed by atoms with Crippen molar-refractivity contribution in [1.82, 2.24) is 0 Å². The first-order valence-electron chi connectivity index (χ1n) is 11.6. The first-order chi connectivity index (χ1) is 17.2. The number of rotatable bonds is 13. The maximum atomic E-state index is 12.2. The molecule has 36 heavy (non-hydrogen) atoms. The molecule has 0 aliphatic carbocycles. The fraction of sp³-hybridized carbons (Fsp3) is 0.370. The zero-order chi connectivity index (χ0) is 26.6. The van der Waals surface area contributed by atoms with E-state index in [2.05, 4.69) is 16.8 Å². The van der Waals surface area contributed by atoms with Crippen LogP contribution in [0.2, 0.25) is 0 Å². The lowest BCUT2D eigenvalue weighted by Crippen LogP contribution is -2.28. The normalized spacial score (nSPS) is 11.2. The molecule has 0 atom stereocenters. The van der Waals surface area contributed by atoms with E-state index in [-0.39, 0.29) is 24.8 Å². The third kappa shape index (κ3) is 9.07. The number of hydrogen-bond acceptors (Lipinski definition) is 9. The largest absolute Gasteiger partial charge is 0.462 e. The first kappa shape index (κ1) is 28.4. The highest BCUT2D eigenvalue weighted by Gasteiger charge is 2.27. The van der Waals surface area contributed by atoms with Gasteiger partial charge in [0.15, 0.2) is 0 Å². The summed E-state index contributed by atoms with van der Waals surface area (Å²) in [5.74, 6) is -0.956. The SMILES string of the molecule is C=C(CO)C(=O)OCCCCOC(=O)c1ccc(/N=N/c2ccc(OC(=O)C(C)(C)CC)cc2)cc1. The van der Waals surface area contributed by atoms with Gasteiger partial charge in [0.1, 0.15) is 5.75 Å². The third-order valence-corrected chi connectivity index (χ3v) is 5.35. The molecule has 0 radical (unpaired) electrons. The van der Waals surface area contributed by atoms with Gasteiger partial charge in [-0.1, -0.05) is 13.5 Å². The summed E-state index contributed by atoms with van der Waals surface area (Å²) in [7, 11) is 0. The Morgan fingerprint density at radius 2 is 1.42 bits per heavy atom. The quantitative estimate of drug-likeness (QED) is 0.128. The molecule has 0 spiro atoms. The molecular weight excluding hydrogens is 464 g/mol. The van der Waals surface area contributed by atoms with E-state index >= 15 is 0 Å². The monoisotopic (exact) mass is 496 g/mol. The second kappa shape index (κ2) is 13.9. The number of nitrogens with zero attached hydrogens (tertiary/aromatic N) is 2. The standard InChI is InChI=1S/C27H32N2O7/c1-5-27(3,4)26(33)36-23-14-12-22(13-15-23)29-28-21-10-8-20(9-11-21)25(32)35-17-7-6-16-34-24(31)19(2)18-30/h8-15,30H,2,5-7,16-18H2,1,3-4H3/b29-28+. The minimum absolute atomic E-state index is 0.00314. The Morgan fingerprint density at radius 1 is 0.889 bits per heavy atom. The van der Waals surface area contributed by atoms with E-state index in [1.807, 2.05) is 20.8 Å². The number of benzene rings is 2. The Labute approximate surface area is 210 Å². The van der Waals surface area contributed by atoms with E-state index in [4.69, 9.17) is 19.3 Å². The molecule has 0 saturated heterocycles. The van der Waals surface area contributed by atoms with Crippen molar-refractivity contribution < 1.29 is 33.7 Å². The summed E-state index contributed by atoms with van der Waals surface area (Å²) in [4.78, 5) is 35.7. The molecule has 0 heterocycles. The Balaban J connectivity index is 1.77. The molecule has 192 valence electrons. The Hall–Kier alpha value is -3.85. The Morgan fingerprint density at radius 3 is 1.94 bits per heavy atom. The molecule has 1 N–H and O–H groups in total. The molecule has 9 nitrogen and oxygen atoms in total. The van der Waals surface area contributed by atoms with Gasteiger partial charge in [-0.15, -0.1) is 0 Å². The topological polar surface area (TPSA) is 124 Å². The van der Waals surface area contributed by atoms with Gasteiger partial charge in [-0.3, -0.25) is 4.79 Å². The fourth-order valence-electron chi connectivity index (χ4n) is 2.53. The molecule has 0 aromatic heterocycles. The molecule has 0 bridgehead atoms. The van der Waals surface area contributed by atoms with Crippen LogP contribution in [-0.2, 0) is 19.1 Å². The smallest absolute Gasteiger partial charge is 0.338 e. The molecule has 0 saturated carbocycles. The van der Waals surface area contributed by atoms with Gasteiger partial charge in [0.25, 0.3) is 0 Å². The Kier molecular flexibility index (Phi) is 11.0. The number of aliphatic hydroxyl groups excluding tert-OH is 1. The van der Waals surface area contributed by atoms with E-state index in [0.717, 1.165) is 0 Å². The van der Waals surface area contributed by atoms with Gasteiger partial charge in [0.05, 0.1) is 47.7 Å². The van der Waals surface area contributed by atoms with Gasteiger partial charge in [0, 0.05) is 0 Å². The predicted octanol–water partition coefficient (Wildman–Crippen LogP) is 5.47. The average Bonchev–Trinajstić information content (AvgIpc) is 2.89. The second-order valence-electron chi connectivity index (χ2n) is 8.61. The van der Waals surface area contributed by atoms with Crippen molar-refractivity contribution in [1.29, 1.82) is 0 Å². The number of unbranched alkanes of at least 4 members (excludes halogenated alkanes) is 1. The van der Waals surface area contributed by atoms with Crippen molar-refractivity contribution in [2.45, 2.75) is 40.0 Å². The van der Waals surface area contributed by atoms with Gasteiger partial charge in [-0.05, 0) is 81.6 Å². The molecule has 9 heteroatoms. The van der Waals surface area contributed by atoms with Crippen LogP contribution in [-0.4, -0.2) is 42.8 Å². The van der Waals surface area contributed by atoms with Crippen molar-refractivity contribution in [2.24, 2.45) is 15.6 Å². The number of carbonyl (C=O) groups is 3. The van der Waals surface area contributed by atoms with E-state index in [1.165, 1.54) is 0 Å². The first-order valence-corrected chi connectivity index (χ1v) is 11.6. The zero-order valence-corrected chi connectivity index (χ0v) is 20.9. The van der Waals surface area contributed by atoms with Gasteiger partial charge in [-0.25, -0.2) is 9.59 Å². The second-order valence-corrected chi connectivity index (χ2v) is 8.61. The Bertz CT molecular complexity index is 1070. The van der Waals surface area contributed by atoms with E-state index in [9.17, 15) is 14.4 Å². The summed E-state index contributed by atoms with van der Waals surface area (Å²) < 4.78 is 15.5. The van der Waals surface area contributed by atoms with E-state index in [0.29, 0.717) is 42.0 Å². The molecule has 2 aromatic rings. The van der Waals surface area contributed by atoms with Crippen LogP contribution in [0.4, 0.5) is 11.4 Å². The van der Waals surface area contributed by atoms with Crippen molar-refractivity contribution >= 4 is 29.3 Å². The van der Waals surface area contributed by atoms with Gasteiger partial charge < -0.3 is 19.3 Å². The molecular formula is C27H32N2O7. The number of azo groups is 1. The summed E-state index contributed by atoms with van der Waals surface area (Å²) in [6, 6.07) is 13.2. The van der Waals surface area contributed by atoms with Crippen molar-refractivity contribution in [2.75, 3.05) is 19.8 Å². The fourth-order valence-corrected chi connectivity index (χ4v) is 2.53. The summed E-state index contributed by atoms with van der Waals surface area (Å²) in [6.45, 7) is 8.88. The molecule has 0 aliphatic heterocycles. The predicted molar refractivity (Wildman–Crippen MR) is 133 cm³/mol. The molecule has 0 aliphatic rings. The van der Waals surface area contributed by atoms with Crippen LogP contribution >= 0.6 is 0 Å². The maximum Gasteiger partial charge on any atom is 0.338 e. The molecule has 0 amide bonds. The lowest BCUT2D eigenvalue weighted by atomic mass is 9.91.